The second-order valence-corrected chi connectivity index (χ2v) is 9.37. The lowest BCUT2D eigenvalue weighted by atomic mass is 10.2. The summed E-state index contributed by atoms with van der Waals surface area (Å²) >= 11 is 1.30. The molecule has 1 saturated heterocycles. The Morgan fingerprint density at radius 2 is 1.97 bits per heavy atom. The third kappa shape index (κ3) is 5.62. The molecule has 1 aliphatic rings. The maximum atomic E-state index is 12.8. The molecule has 31 heavy (non-hydrogen) atoms. The van der Waals surface area contributed by atoms with E-state index in [0.717, 1.165) is 0 Å². The average Bonchev–Trinajstić information content (AvgIpc) is 2.79. The summed E-state index contributed by atoms with van der Waals surface area (Å²) in [7, 11) is -3.70. The van der Waals surface area contributed by atoms with Gasteiger partial charge in [-0.15, -0.1) is 11.8 Å². The molecule has 0 spiro atoms. The van der Waals surface area contributed by atoms with Crippen LogP contribution >= 0.6 is 11.8 Å². The van der Waals surface area contributed by atoms with Crippen LogP contribution in [0.25, 0.3) is 0 Å². The molecule has 1 atom stereocenters. The summed E-state index contributed by atoms with van der Waals surface area (Å²) in [4.78, 5) is 29.1. The minimum Gasteiger partial charge on any atom is -0.449 e. The molecule has 0 aliphatic carbocycles. The van der Waals surface area contributed by atoms with Crippen LogP contribution in [0.15, 0.2) is 52.5 Å². The predicted molar refractivity (Wildman–Crippen MR) is 116 cm³/mol. The number of nitrogens with zero attached hydrogens (tertiary/aromatic N) is 2. The van der Waals surface area contributed by atoms with E-state index >= 15 is 0 Å². The molecule has 3 rings (SSSR count). The van der Waals surface area contributed by atoms with Crippen molar-refractivity contribution in [3.63, 3.8) is 0 Å². The number of carbonyl (C=O) groups is 2. The van der Waals surface area contributed by atoms with Crippen LogP contribution in [0.4, 0.5) is 5.69 Å². The molecule has 1 aromatic heterocycles. The molecule has 166 valence electrons. The zero-order valence-electron chi connectivity index (χ0n) is 17.1. The maximum Gasteiger partial charge on any atom is 0.341 e. The highest BCUT2D eigenvalue weighted by atomic mass is 32.2. The smallest absolute Gasteiger partial charge is 0.341 e. The predicted octanol–water partition coefficient (Wildman–Crippen LogP) is 2.01. The van der Waals surface area contributed by atoms with Gasteiger partial charge in [0.25, 0.3) is 5.91 Å². The number of hydrogen-bond donors (Lipinski definition) is 1. The topological polar surface area (TPSA) is 115 Å². The number of nitrogens with one attached hydrogen (secondary N) is 1. The first-order valence-corrected chi connectivity index (χ1v) is 12.2. The van der Waals surface area contributed by atoms with Crippen molar-refractivity contribution in [3.8, 4) is 0 Å². The SMILES string of the molecule is CSc1ncccc1C(=O)O[C@@H](C)C(=O)Nc1cccc(S(=O)(=O)N2CCOCC2)c1. The van der Waals surface area contributed by atoms with E-state index in [9.17, 15) is 18.0 Å². The standard InChI is InChI=1S/C20H23N3O6S2/c1-14(29-20(25)17-7-4-8-21-19(17)30-2)18(24)22-15-5-3-6-16(13-15)31(26,27)23-9-11-28-12-10-23/h3-8,13-14H,9-12H2,1-2H3,(H,22,24)/t14-/m0/s1. The number of hydrogen-bond acceptors (Lipinski definition) is 8. The number of pyridine rings is 1. The van der Waals surface area contributed by atoms with Gasteiger partial charge in [-0.25, -0.2) is 18.2 Å². The zero-order chi connectivity index (χ0) is 22.4. The van der Waals surface area contributed by atoms with E-state index in [1.165, 1.54) is 35.1 Å². The molecule has 1 N–H and O–H groups in total. The monoisotopic (exact) mass is 465 g/mol. The van der Waals surface area contributed by atoms with Gasteiger partial charge in [-0.05, 0) is 43.5 Å². The molecular weight excluding hydrogens is 442 g/mol. The fourth-order valence-corrected chi connectivity index (χ4v) is 4.89. The Balaban J connectivity index is 1.67. The van der Waals surface area contributed by atoms with Gasteiger partial charge < -0.3 is 14.8 Å². The lowest BCUT2D eigenvalue weighted by Crippen LogP contribution is -2.40. The zero-order valence-corrected chi connectivity index (χ0v) is 18.7. The molecule has 0 bridgehead atoms. The third-order valence-corrected chi connectivity index (χ3v) is 7.15. The number of sulfonamides is 1. The van der Waals surface area contributed by atoms with E-state index in [4.69, 9.17) is 9.47 Å². The van der Waals surface area contributed by atoms with E-state index < -0.39 is 28.0 Å². The van der Waals surface area contributed by atoms with Crippen molar-refractivity contribution in [2.24, 2.45) is 0 Å². The summed E-state index contributed by atoms with van der Waals surface area (Å²) in [6.07, 6.45) is 2.26. The summed E-state index contributed by atoms with van der Waals surface area (Å²) in [6, 6.07) is 9.14. The number of amides is 1. The molecule has 0 saturated carbocycles. The largest absolute Gasteiger partial charge is 0.449 e. The van der Waals surface area contributed by atoms with E-state index in [-0.39, 0.29) is 29.2 Å². The number of morpholine rings is 1. The number of anilines is 1. The summed E-state index contributed by atoms with van der Waals surface area (Å²) in [6.45, 7) is 2.68. The Hall–Kier alpha value is -2.47. The number of aromatic nitrogens is 1. The molecule has 11 heteroatoms. The van der Waals surface area contributed by atoms with Crippen molar-refractivity contribution in [2.75, 3.05) is 37.9 Å². The number of esters is 1. The first-order valence-electron chi connectivity index (χ1n) is 9.51. The Morgan fingerprint density at radius 1 is 1.23 bits per heavy atom. The lowest BCUT2D eigenvalue weighted by Gasteiger charge is -2.26. The first kappa shape index (κ1) is 23.2. The second-order valence-electron chi connectivity index (χ2n) is 6.64. The third-order valence-electron chi connectivity index (χ3n) is 4.55. The number of benzene rings is 1. The van der Waals surface area contributed by atoms with Gasteiger partial charge in [0.2, 0.25) is 10.0 Å². The van der Waals surface area contributed by atoms with Gasteiger partial charge in [-0.3, -0.25) is 4.79 Å². The van der Waals surface area contributed by atoms with Gasteiger partial charge >= 0.3 is 5.97 Å². The summed E-state index contributed by atoms with van der Waals surface area (Å²) in [5, 5.41) is 3.10. The van der Waals surface area contributed by atoms with E-state index in [1.807, 2.05) is 0 Å². The number of rotatable bonds is 7. The van der Waals surface area contributed by atoms with E-state index in [1.54, 1.807) is 36.7 Å². The van der Waals surface area contributed by atoms with Crippen LogP contribution in [0.2, 0.25) is 0 Å². The van der Waals surface area contributed by atoms with E-state index in [0.29, 0.717) is 18.2 Å². The van der Waals surface area contributed by atoms with Crippen LogP contribution in [0.5, 0.6) is 0 Å². The van der Waals surface area contributed by atoms with Gasteiger partial charge in [0.15, 0.2) is 6.10 Å². The molecule has 1 aliphatic heterocycles. The van der Waals surface area contributed by atoms with Crippen molar-refractivity contribution < 1.29 is 27.5 Å². The molecule has 0 unspecified atom stereocenters. The molecule has 1 fully saturated rings. The summed E-state index contributed by atoms with van der Waals surface area (Å²) < 4.78 is 37.4. The van der Waals surface area contributed by atoms with Crippen LogP contribution in [0.3, 0.4) is 0 Å². The van der Waals surface area contributed by atoms with Gasteiger partial charge in [-0.2, -0.15) is 4.31 Å². The average molecular weight is 466 g/mol. The fraction of sp³-hybridized carbons (Fsp3) is 0.350. The highest BCUT2D eigenvalue weighted by Gasteiger charge is 2.27. The molecule has 2 heterocycles. The van der Waals surface area contributed by atoms with Crippen LogP contribution < -0.4 is 5.32 Å². The fourth-order valence-electron chi connectivity index (χ4n) is 2.90. The Kier molecular flexibility index (Phi) is 7.65. The quantitative estimate of drug-likeness (QED) is 0.488. The Labute approximate surface area is 185 Å². The van der Waals surface area contributed by atoms with Crippen LogP contribution in [-0.4, -0.2) is 68.2 Å². The van der Waals surface area contributed by atoms with Crippen molar-refractivity contribution in [2.45, 2.75) is 22.9 Å². The number of carbonyl (C=O) groups excluding carboxylic acids is 2. The van der Waals surface area contributed by atoms with Crippen LogP contribution in [0, 0.1) is 0 Å². The van der Waals surface area contributed by atoms with Gasteiger partial charge in [-0.1, -0.05) is 6.07 Å². The summed E-state index contributed by atoms with van der Waals surface area (Å²) in [5.41, 5.74) is 0.557. The van der Waals surface area contributed by atoms with Crippen molar-refractivity contribution >= 4 is 39.3 Å². The molecular formula is C20H23N3O6S2. The van der Waals surface area contributed by atoms with Gasteiger partial charge in [0.05, 0.1) is 23.7 Å². The second kappa shape index (κ2) is 10.2. The minimum absolute atomic E-state index is 0.0665. The molecule has 2 aromatic rings. The summed E-state index contributed by atoms with van der Waals surface area (Å²) in [5.74, 6) is -1.24. The van der Waals surface area contributed by atoms with Crippen molar-refractivity contribution in [1.82, 2.24) is 9.29 Å². The minimum atomic E-state index is -3.70. The van der Waals surface area contributed by atoms with Crippen LogP contribution in [0.1, 0.15) is 17.3 Å². The van der Waals surface area contributed by atoms with E-state index in [2.05, 4.69) is 10.3 Å². The Morgan fingerprint density at radius 3 is 2.68 bits per heavy atom. The van der Waals surface area contributed by atoms with Crippen molar-refractivity contribution in [1.29, 1.82) is 0 Å². The maximum absolute atomic E-state index is 12.8. The van der Waals surface area contributed by atoms with Crippen LogP contribution in [-0.2, 0) is 24.3 Å². The highest BCUT2D eigenvalue weighted by molar-refractivity contribution is 7.98. The molecule has 1 aromatic carbocycles. The van der Waals surface area contributed by atoms with Gasteiger partial charge in [0.1, 0.15) is 5.03 Å². The normalized spacial score (nSPS) is 15.8. The number of ether oxygens (including phenoxy) is 2. The highest BCUT2D eigenvalue weighted by Crippen LogP contribution is 2.21. The first-order chi connectivity index (χ1) is 14.8. The Bertz CT molecular complexity index is 1050. The molecule has 0 radical (unpaired) electrons. The lowest BCUT2D eigenvalue weighted by molar-refractivity contribution is -0.123. The number of thioether (sulfide) groups is 1. The molecule has 9 nitrogen and oxygen atoms in total. The molecule has 1 amide bonds. The van der Waals surface area contributed by atoms with Crippen molar-refractivity contribution in [3.05, 3.63) is 48.2 Å². The van der Waals surface area contributed by atoms with Gasteiger partial charge in [0, 0.05) is 25.0 Å².